The number of hydrogen-bond donors (Lipinski definition) is 1. The molecule has 2 heterocycles. The van der Waals surface area contributed by atoms with E-state index in [1.54, 1.807) is 18.4 Å². The lowest BCUT2D eigenvalue weighted by atomic mass is 9.87. The Balaban J connectivity index is 1.37. The van der Waals surface area contributed by atoms with Crippen LogP contribution in [0.3, 0.4) is 0 Å². The lowest BCUT2D eigenvalue weighted by Crippen LogP contribution is -2.33. The van der Waals surface area contributed by atoms with E-state index >= 15 is 0 Å². The zero-order chi connectivity index (χ0) is 19.7. The number of hydrogen-bond acceptors (Lipinski definition) is 6. The fourth-order valence-corrected chi connectivity index (χ4v) is 5.30. The molecule has 28 heavy (non-hydrogen) atoms. The van der Waals surface area contributed by atoms with E-state index in [1.165, 1.54) is 11.1 Å². The van der Waals surface area contributed by atoms with Gasteiger partial charge in [-0.15, -0.1) is 11.3 Å². The van der Waals surface area contributed by atoms with Crippen molar-refractivity contribution < 1.29 is 19.3 Å². The topological polar surface area (TPSA) is 60.8 Å². The molecule has 1 aliphatic carbocycles. The number of rotatable bonds is 6. The smallest absolute Gasteiger partial charge is 0.122 e. The molecule has 1 N–H and O–H groups in total. The molecule has 1 saturated heterocycles. The van der Waals surface area contributed by atoms with Gasteiger partial charge in [0.1, 0.15) is 16.9 Å². The molecular weight excluding hydrogens is 374 g/mol. The minimum absolute atomic E-state index is 0.0310. The number of benzene rings is 1. The Morgan fingerprint density at radius 1 is 1.25 bits per heavy atom. The highest BCUT2D eigenvalue weighted by atomic mass is 32.1. The molecule has 1 saturated carbocycles. The quantitative estimate of drug-likeness (QED) is 0.783. The van der Waals surface area contributed by atoms with Crippen LogP contribution in [0.2, 0.25) is 0 Å². The van der Waals surface area contributed by atoms with Crippen LogP contribution in [0.1, 0.15) is 47.2 Å². The number of ether oxygens (including phenoxy) is 3. The zero-order valence-corrected chi connectivity index (χ0v) is 17.6. The highest BCUT2D eigenvalue weighted by molar-refractivity contribution is 7.09. The molecule has 2 aliphatic rings. The van der Waals surface area contributed by atoms with Gasteiger partial charge in [0.25, 0.3) is 0 Å². The number of aryl methyl sites for hydroxylation is 2. The van der Waals surface area contributed by atoms with Crippen LogP contribution >= 0.6 is 11.3 Å². The molecule has 0 radical (unpaired) electrons. The Labute approximate surface area is 170 Å². The van der Waals surface area contributed by atoms with Crippen molar-refractivity contribution in [3.8, 4) is 5.75 Å². The Bertz CT molecular complexity index is 808. The molecule has 5 atom stereocenters. The summed E-state index contributed by atoms with van der Waals surface area (Å²) in [6.07, 6.45) is 2.39. The Hall–Kier alpha value is -1.47. The number of methoxy groups -OCH3 is 1. The zero-order valence-electron chi connectivity index (χ0n) is 16.8. The van der Waals surface area contributed by atoms with Gasteiger partial charge in [-0.3, -0.25) is 0 Å². The predicted octanol–water partition coefficient (Wildman–Crippen LogP) is 4.20. The second-order valence-electron chi connectivity index (χ2n) is 8.04. The standard InChI is InChI=1S/C22H29NO4S/c1-13-4-5-16(8-14(13)2)26-11-18-17-6-7-20(27-21(17)9-19(18)24)22-23-15(10-25-3)12-28-22/h4-5,8,12,17-21,24H,6-7,9-11H2,1-3H3/t17-,18-,19-,20-,21+/m1/s1. The summed E-state index contributed by atoms with van der Waals surface area (Å²) in [6.45, 7) is 5.26. The molecule has 152 valence electrons. The molecular formula is C22H29NO4S. The van der Waals surface area contributed by atoms with Gasteiger partial charge >= 0.3 is 0 Å². The first kappa shape index (κ1) is 19.8. The summed E-state index contributed by atoms with van der Waals surface area (Å²) >= 11 is 1.64. The van der Waals surface area contributed by atoms with Gasteiger partial charge in [0.05, 0.1) is 31.1 Å². The lowest BCUT2D eigenvalue weighted by molar-refractivity contribution is -0.0812. The van der Waals surface area contributed by atoms with Crippen molar-refractivity contribution in [1.29, 1.82) is 0 Å². The van der Waals surface area contributed by atoms with Gasteiger partial charge in [0.15, 0.2) is 0 Å². The fourth-order valence-electron chi connectivity index (χ4n) is 4.43. The molecule has 2 fully saturated rings. The number of nitrogens with zero attached hydrogens (tertiary/aromatic N) is 1. The maximum Gasteiger partial charge on any atom is 0.122 e. The number of aromatic nitrogens is 1. The predicted molar refractivity (Wildman–Crippen MR) is 109 cm³/mol. The average Bonchev–Trinajstić information content (AvgIpc) is 3.26. The average molecular weight is 404 g/mol. The fraction of sp³-hybridized carbons (Fsp3) is 0.591. The highest BCUT2D eigenvalue weighted by Gasteiger charge is 2.47. The first-order valence-electron chi connectivity index (χ1n) is 10.0. The first-order valence-corrected chi connectivity index (χ1v) is 10.9. The van der Waals surface area contributed by atoms with E-state index in [2.05, 4.69) is 31.0 Å². The van der Waals surface area contributed by atoms with Gasteiger partial charge in [0, 0.05) is 24.8 Å². The van der Waals surface area contributed by atoms with Crippen LogP contribution in [0.15, 0.2) is 23.6 Å². The molecule has 0 amide bonds. The van der Waals surface area contributed by atoms with Crippen LogP contribution in [0.25, 0.3) is 0 Å². The van der Waals surface area contributed by atoms with E-state index in [-0.39, 0.29) is 24.2 Å². The van der Waals surface area contributed by atoms with Crippen LogP contribution in [-0.4, -0.2) is 36.0 Å². The van der Waals surface area contributed by atoms with Crippen molar-refractivity contribution in [2.24, 2.45) is 11.8 Å². The molecule has 2 aromatic rings. The summed E-state index contributed by atoms with van der Waals surface area (Å²) < 4.78 is 17.6. The molecule has 5 nitrogen and oxygen atoms in total. The van der Waals surface area contributed by atoms with Crippen molar-refractivity contribution in [3.05, 3.63) is 45.4 Å². The SMILES string of the molecule is COCc1csc([C@H]2CC[C@@H]3[C@@H](COc4ccc(C)c(C)c4)[C@H](O)C[C@@H]3O2)n1. The first-order chi connectivity index (χ1) is 13.5. The molecule has 4 rings (SSSR count). The van der Waals surface area contributed by atoms with Crippen LogP contribution in [0.5, 0.6) is 5.75 Å². The van der Waals surface area contributed by atoms with Crippen LogP contribution in [0.4, 0.5) is 0 Å². The molecule has 6 heteroatoms. The van der Waals surface area contributed by atoms with E-state index in [9.17, 15) is 5.11 Å². The largest absolute Gasteiger partial charge is 0.493 e. The van der Waals surface area contributed by atoms with E-state index < -0.39 is 0 Å². The number of fused-ring (bicyclic) bond motifs is 1. The van der Waals surface area contributed by atoms with Crippen molar-refractivity contribution in [3.63, 3.8) is 0 Å². The van der Waals surface area contributed by atoms with Crippen LogP contribution in [-0.2, 0) is 16.1 Å². The van der Waals surface area contributed by atoms with Gasteiger partial charge in [0.2, 0.25) is 0 Å². The minimum Gasteiger partial charge on any atom is -0.493 e. The van der Waals surface area contributed by atoms with Crippen LogP contribution < -0.4 is 4.74 Å². The Morgan fingerprint density at radius 2 is 2.11 bits per heavy atom. The second-order valence-corrected chi connectivity index (χ2v) is 8.93. The van der Waals surface area contributed by atoms with Crippen molar-refractivity contribution in [1.82, 2.24) is 4.98 Å². The van der Waals surface area contributed by atoms with E-state index in [4.69, 9.17) is 14.2 Å². The maximum atomic E-state index is 10.6. The van der Waals surface area contributed by atoms with Crippen molar-refractivity contribution in [2.45, 2.75) is 58.0 Å². The van der Waals surface area contributed by atoms with E-state index in [1.807, 2.05) is 11.4 Å². The third kappa shape index (κ3) is 4.10. The van der Waals surface area contributed by atoms with Gasteiger partial charge in [-0.25, -0.2) is 4.98 Å². The van der Waals surface area contributed by atoms with Gasteiger partial charge < -0.3 is 19.3 Å². The maximum absolute atomic E-state index is 10.6. The Morgan fingerprint density at radius 3 is 2.89 bits per heavy atom. The summed E-state index contributed by atoms with van der Waals surface area (Å²) in [5.74, 6) is 1.34. The van der Waals surface area contributed by atoms with E-state index in [0.717, 1.165) is 29.3 Å². The van der Waals surface area contributed by atoms with E-state index in [0.29, 0.717) is 25.6 Å². The third-order valence-corrected chi connectivity index (χ3v) is 7.14. The number of thiazole rings is 1. The number of aliphatic hydroxyl groups is 1. The molecule has 0 bridgehead atoms. The van der Waals surface area contributed by atoms with Gasteiger partial charge in [-0.1, -0.05) is 6.07 Å². The second kappa shape index (κ2) is 8.49. The summed E-state index contributed by atoms with van der Waals surface area (Å²) in [7, 11) is 1.68. The van der Waals surface area contributed by atoms with Gasteiger partial charge in [-0.2, -0.15) is 0 Å². The molecule has 0 unspecified atom stereocenters. The Kier molecular flexibility index (Phi) is 6.01. The normalized spacial score (nSPS) is 29.6. The third-order valence-electron chi connectivity index (χ3n) is 6.15. The lowest BCUT2D eigenvalue weighted by Gasteiger charge is -2.33. The summed E-state index contributed by atoms with van der Waals surface area (Å²) in [5, 5.41) is 13.7. The van der Waals surface area contributed by atoms with Gasteiger partial charge in [-0.05, 0) is 55.9 Å². The van der Waals surface area contributed by atoms with Crippen LogP contribution in [0, 0.1) is 25.7 Å². The monoisotopic (exact) mass is 403 g/mol. The molecule has 1 aromatic carbocycles. The molecule has 1 aliphatic heterocycles. The van der Waals surface area contributed by atoms with Crippen molar-refractivity contribution >= 4 is 11.3 Å². The summed E-state index contributed by atoms with van der Waals surface area (Å²) in [4.78, 5) is 4.65. The summed E-state index contributed by atoms with van der Waals surface area (Å²) in [5.41, 5.74) is 3.44. The number of aliphatic hydroxyl groups excluding tert-OH is 1. The van der Waals surface area contributed by atoms with Crippen molar-refractivity contribution in [2.75, 3.05) is 13.7 Å². The molecule has 0 spiro atoms. The minimum atomic E-state index is -0.374. The summed E-state index contributed by atoms with van der Waals surface area (Å²) in [6, 6.07) is 6.16. The molecule has 1 aromatic heterocycles. The highest BCUT2D eigenvalue weighted by Crippen LogP contribution is 2.46.